The third kappa shape index (κ3) is 4.90. The summed E-state index contributed by atoms with van der Waals surface area (Å²) in [6.45, 7) is 2.19. The zero-order valence-electron chi connectivity index (χ0n) is 17.2. The third-order valence-corrected chi connectivity index (χ3v) is 7.89. The number of benzene rings is 2. The summed E-state index contributed by atoms with van der Waals surface area (Å²) in [5.74, 6) is -0.0224. The highest BCUT2D eigenvalue weighted by atomic mass is 79.9. The van der Waals surface area contributed by atoms with Gasteiger partial charge in [0.2, 0.25) is 0 Å². The topological polar surface area (TPSA) is 41.1 Å². The number of halogens is 2. The van der Waals surface area contributed by atoms with Crippen molar-refractivity contribution >= 4 is 37.6 Å². The smallest absolute Gasteiger partial charge is 0.149 e. The average molecular weight is 534 g/mol. The van der Waals surface area contributed by atoms with E-state index in [-0.39, 0.29) is 17.6 Å². The number of carbonyl (C=O) groups excluding carboxylic acids is 1. The Labute approximate surface area is 196 Å². The molecule has 30 heavy (non-hydrogen) atoms. The van der Waals surface area contributed by atoms with Crippen LogP contribution in [0.4, 0.5) is 0 Å². The Hall–Kier alpha value is -1.01. The number of rotatable bonds is 8. The average Bonchev–Trinajstić information content (AvgIpc) is 3.50. The van der Waals surface area contributed by atoms with E-state index in [1.165, 1.54) is 36.8 Å². The van der Waals surface area contributed by atoms with Gasteiger partial charge in [-0.1, -0.05) is 80.4 Å². The normalized spacial score (nSPS) is 23.4. The first-order chi connectivity index (χ1) is 14.7. The van der Waals surface area contributed by atoms with Crippen molar-refractivity contribution in [1.82, 2.24) is 10.6 Å². The highest BCUT2D eigenvalue weighted by Gasteiger charge is 2.29. The second-order valence-electron chi connectivity index (χ2n) is 8.45. The lowest BCUT2D eigenvalue weighted by Gasteiger charge is -2.22. The molecule has 0 amide bonds. The fraction of sp³-hybridized carbons (Fsp3) is 0.480. The van der Waals surface area contributed by atoms with Gasteiger partial charge in [-0.05, 0) is 61.0 Å². The SMILES string of the molecule is O=C(C(CBr)c1ccc(C2CCCN2)cc1)C(CBr)c1ccc(C2CCCN2)cc1. The molecule has 0 aliphatic carbocycles. The Morgan fingerprint density at radius 1 is 0.767 bits per heavy atom. The van der Waals surface area contributed by atoms with Gasteiger partial charge in [0.05, 0.1) is 11.8 Å². The molecule has 2 saturated heterocycles. The lowest BCUT2D eigenvalue weighted by Crippen LogP contribution is -2.23. The van der Waals surface area contributed by atoms with E-state index in [4.69, 9.17) is 0 Å². The molecule has 2 aliphatic heterocycles. The van der Waals surface area contributed by atoms with Gasteiger partial charge in [0.25, 0.3) is 0 Å². The van der Waals surface area contributed by atoms with E-state index in [1.807, 2.05) is 0 Å². The molecule has 0 spiro atoms. The summed E-state index contributed by atoms with van der Waals surface area (Å²) in [7, 11) is 0. The van der Waals surface area contributed by atoms with Gasteiger partial charge in [-0.15, -0.1) is 0 Å². The molecule has 160 valence electrons. The van der Waals surface area contributed by atoms with E-state index in [9.17, 15) is 4.79 Å². The molecule has 3 nitrogen and oxygen atoms in total. The Morgan fingerprint density at radius 3 is 1.47 bits per heavy atom. The number of ketones is 1. The van der Waals surface area contributed by atoms with Crippen LogP contribution in [-0.2, 0) is 4.79 Å². The predicted molar refractivity (Wildman–Crippen MR) is 131 cm³/mol. The molecular formula is C25H30Br2N2O. The molecule has 2 N–H and O–H groups in total. The molecule has 4 rings (SSSR count). The largest absolute Gasteiger partial charge is 0.310 e. The van der Waals surface area contributed by atoms with Crippen LogP contribution in [0.1, 0.15) is 71.9 Å². The summed E-state index contributed by atoms with van der Waals surface area (Å²) in [4.78, 5) is 13.5. The van der Waals surface area contributed by atoms with Crippen LogP contribution < -0.4 is 10.6 Å². The number of nitrogens with one attached hydrogen (secondary N) is 2. The van der Waals surface area contributed by atoms with Gasteiger partial charge in [0, 0.05) is 22.7 Å². The minimum atomic E-state index is -0.144. The van der Waals surface area contributed by atoms with E-state index in [0.29, 0.717) is 22.7 Å². The summed E-state index contributed by atoms with van der Waals surface area (Å²) < 4.78 is 0. The van der Waals surface area contributed by atoms with E-state index in [1.54, 1.807) is 0 Å². The summed E-state index contributed by atoms with van der Waals surface area (Å²) in [5, 5.41) is 8.37. The molecule has 2 fully saturated rings. The van der Waals surface area contributed by atoms with Gasteiger partial charge < -0.3 is 10.6 Å². The monoisotopic (exact) mass is 532 g/mol. The quantitative estimate of drug-likeness (QED) is 0.424. The van der Waals surface area contributed by atoms with Gasteiger partial charge in [-0.3, -0.25) is 4.79 Å². The molecule has 2 aliphatic rings. The van der Waals surface area contributed by atoms with Gasteiger partial charge in [0.15, 0.2) is 0 Å². The first-order valence-electron chi connectivity index (χ1n) is 11.0. The van der Waals surface area contributed by atoms with Crippen molar-refractivity contribution in [2.45, 2.75) is 49.6 Å². The van der Waals surface area contributed by atoms with E-state index < -0.39 is 0 Å². The molecule has 0 bridgehead atoms. The molecule has 2 aromatic rings. The molecular weight excluding hydrogens is 504 g/mol. The maximum absolute atomic E-state index is 13.5. The van der Waals surface area contributed by atoms with Crippen molar-refractivity contribution in [2.24, 2.45) is 0 Å². The number of alkyl halides is 2. The van der Waals surface area contributed by atoms with Crippen LogP contribution >= 0.6 is 31.9 Å². The van der Waals surface area contributed by atoms with Crippen LogP contribution in [0.15, 0.2) is 48.5 Å². The Balaban J connectivity index is 1.49. The zero-order valence-corrected chi connectivity index (χ0v) is 20.4. The lowest BCUT2D eigenvalue weighted by atomic mass is 9.85. The highest BCUT2D eigenvalue weighted by Crippen LogP contribution is 2.32. The van der Waals surface area contributed by atoms with Gasteiger partial charge in [-0.2, -0.15) is 0 Å². The van der Waals surface area contributed by atoms with Crippen LogP contribution in [0.2, 0.25) is 0 Å². The van der Waals surface area contributed by atoms with Crippen molar-refractivity contribution in [3.8, 4) is 0 Å². The molecule has 5 heteroatoms. The standard InChI is InChI=1S/C25H30Br2N2O/c26-15-21(17-5-9-19(10-6-17)23-3-1-13-28-23)25(30)22(16-27)18-7-11-20(12-8-18)24-4-2-14-29-24/h5-12,21-24,28-29H,1-4,13-16H2. The minimum Gasteiger partial charge on any atom is -0.310 e. The lowest BCUT2D eigenvalue weighted by molar-refractivity contribution is -0.121. The molecule has 0 radical (unpaired) electrons. The van der Waals surface area contributed by atoms with Crippen LogP contribution in [0.5, 0.6) is 0 Å². The maximum atomic E-state index is 13.5. The molecule has 0 saturated carbocycles. The molecule has 2 heterocycles. The van der Waals surface area contributed by atoms with Crippen LogP contribution in [0.25, 0.3) is 0 Å². The Bertz CT molecular complexity index is 756. The van der Waals surface area contributed by atoms with Gasteiger partial charge in [-0.25, -0.2) is 0 Å². The summed E-state index contributed by atoms with van der Waals surface area (Å²) >= 11 is 7.22. The zero-order chi connectivity index (χ0) is 20.9. The second-order valence-corrected chi connectivity index (χ2v) is 9.74. The summed E-state index contributed by atoms with van der Waals surface area (Å²) in [6, 6.07) is 18.2. The van der Waals surface area contributed by atoms with Crippen LogP contribution in [0, 0.1) is 0 Å². The van der Waals surface area contributed by atoms with E-state index in [0.717, 1.165) is 24.2 Å². The van der Waals surface area contributed by atoms with E-state index >= 15 is 0 Å². The second kappa shape index (κ2) is 10.5. The van der Waals surface area contributed by atoms with Crippen molar-refractivity contribution in [2.75, 3.05) is 23.7 Å². The van der Waals surface area contributed by atoms with Crippen molar-refractivity contribution < 1.29 is 4.79 Å². The molecule has 2 aromatic carbocycles. The van der Waals surface area contributed by atoms with Gasteiger partial charge >= 0.3 is 0 Å². The van der Waals surface area contributed by atoms with Crippen LogP contribution in [-0.4, -0.2) is 29.5 Å². The highest BCUT2D eigenvalue weighted by molar-refractivity contribution is 9.09. The maximum Gasteiger partial charge on any atom is 0.149 e. The van der Waals surface area contributed by atoms with E-state index in [2.05, 4.69) is 91.0 Å². The molecule has 4 atom stereocenters. The number of hydrogen-bond donors (Lipinski definition) is 2. The molecule has 0 aromatic heterocycles. The van der Waals surface area contributed by atoms with Crippen molar-refractivity contribution in [3.63, 3.8) is 0 Å². The fourth-order valence-corrected chi connectivity index (χ4v) is 6.15. The fourth-order valence-electron chi connectivity index (χ4n) is 4.76. The summed E-state index contributed by atoms with van der Waals surface area (Å²) in [6.07, 6.45) is 4.85. The third-order valence-electron chi connectivity index (χ3n) is 6.60. The predicted octanol–water partition coefficient (Wildman–Crippen LogP) is 5.76. The summed E-state index contributed by atoms with van der Waals surface area (Å²) in [5.41, 5.74) is 4.84. The molecule has 4 unspecified atom stereocenters. The van der Waals surface area contributed by atoms with Crippen LogP contribution in [0.3, 0.4) is 0 Å². The Kier molecular flexibility index (Phi) is 7.79. The van der Waals surface area contributed by atoms with Crippen molar-refractivity contribution in [1.29, 1.82) is 0 Å². The van der Waals surface area contributed by atoms with Crippen molar-refractivity contribution in [3.05, 3.63) is 70.8 Å². The number of hydrogen-bond acceptors (Lipinski definition) is 3. The van der Waals surface area contributed by atoms with Gasteiger partial charge in [0.1, 0.15) is 5.78 Å². The minimum absolute atomic E-state index is 0.144. The number of carbonyl (C=O) groups is 1. The Morgan fingerprint density at radius 2 is 1.17 bits per heavy atom. The first kappa shape index (κ1) is 22.2. The number of Topliss-reactive ketones (excluding diaryl/α,β-unsaturated/α-hetero) is 1. The first-order valence-corrected chi connectivity index (χ1v) is 13.3.